The molecule has 0 bridgehead atoms. The summed E-state index contributed by atoms with van der Waals surface area (Å²) >= 11 is 1.74. The van der Waals surface area contributed by atoms with Crippen LogP contribution >= 0.6 is 11.8 Å². The number of hydrogen-bond acceptors (Lipinski definition) is 4. The molecule has 0 saturated heterocycles. The molecule has 1 N–H and O–H groups in total. The molecule has 1 aliphatic heterocycles. The summed E-state index contributed by atoms with van der Waals surface area (Å²) in [5.74, 6) is 1.10. The maximum Gasteiger partial charge on any atom is 0.161 e. The van der Waals surface area contributed by atoms with Crippen molar-refractivity contribution in [1.29, 1.82) is 5.26 Å². The number of nitriles is 1. The lowest BCUT2D eigenvalue weighted by Gasteiger charge is -2.18. The first-order valence-corrected chi connectivity index (χ1v) is 6.66. The molecule has 2 rings (SSSR count). The summed E-state index contributed by atoms with van der Waals surface area (Å²) in [5.41, 5.74) is 2.78. The highest BCUT2D eigenvalue weighted by Gasteiger charge is 2.12. The summed E-state index contributed by atoms with van der Waals surface area (Å²) < 4.78 is 0. The van der Waals surface area contributed by atoms with E-state index in [1.54, 1.807) is 11.8 Å². The van der Waals surface area contributed by atoms with Crippen molar-refractivity contribution in [2.75, 3.05) is 11.1 Å². The van der Waals surface area contributed by atoms with Gasteiger partial charge < -0.3 is 5.32 Å². The highest BCUT2D eigenvalue weighted by Crippen LogP contribution is 2.22. The number of aliphatic imine (C=N–C) groups is 1. The quantitative estimate of drug-likeness (QED) is 0.826. The van der Waals surface area contributed by atoms with Crippen LogP contribution in [0.2, 0.25) is 0 Å². The fourth-order valence-corrected chi connectivity index (χ4v) is 2.73. The molecule has 0 radical (unpaired) electrons. The third-order valence-electron chi connectivity index (χ3n) is 2.72. The SMILES string of the molecule is Cc1ccc(C#N)cc1NC1=NC(C)CCS1. The number of aryl methyl sites for hydroxylation is 1. The highest BCUT2D eigenvalue weighted by atomic mass is 32.2. The van der Waals surface area contributed by atoms with Crippen LogP contribution in [0.5, 0.6) is 0 Å². The van der Waals surface area contributed by atoms with Crippen LogP contribution in [-0.4, -0.2) is 17.0 Å². The molecule has 0 aromatic heterocycles. The number of rotatable bonds is 1. The van der Waals surface area contributed by atoms with E-state index >= 15 is 0 Å². The van der Waals surface area contributed by atoms with Gasteiger partial charge in [-0.15, -0.1) is 0 Å². The Morgan fingerprint density at radius 1 is 1.53 bits per heavy atom. The minimum absolute atomic E-state index is 0.387. The summed E-state index contributed by atoms with van der Waals surface area (Å²) in [5, 5.41) is 13.2. The fourth-order valence-electron chi connectivity index (χ4n) is 1.64. The van der Waals surface area contributed by atoms with Crippen LogP contribution in [0.3, 0.4) is 0 Å². The third-order valence-corrected chi connectivity index (χ3v) is 3.64. The topological polar surface area (TPSA) is 48.2 Å². The van der Waals surface area contributed by atoms with Crippen molar-refractivity contribution in [3.63, 3.8) is 0 Å². The molecule has 0 aliphatic carbocycles. The number of amidine groups is 1. The molecular formula is C13H15N3S. The Labute approximate surface area is 106 Å². The van der Waals surface area contributed by atoms with Crippen molar-refractivity contribution in [1.82, 2.24) is 0 Å². The van der Waals surface area contributed by atoms with Gasteiger partial charge in [-0.1, -0.05) is 17.8 Å². The third kappa shape index (κ3) is 3.01. The molecule has 3 nitrogen and oxygen atoms in total. The zero-order chi connectivity index (χ0) is 12.3. The molecule has 1 aromatic carbocycles. The molecule has 1 heterocycles. The van der Waals surface area contributed by atoms with E-state index in [0.29, 0.717) is 11.6 Å². The van der Waals surface area contributed by atoms with Crippen molar-refractivity contribution >= 4 is 22.6 Å². The van der Waals surface area contributed by atoms with Gasteiger partial charge in [-0.3, -0.25) is 4.99 Å². The van der Waals surface area contributed by atoms with Gasteiger partial charge >= 0.3 is 0 Å². The molecular weight excluding hydrogens is 230 g/mol. The van der Waals surface area contributed by atoms with Gasteiger partial charge in [-0.25, -0.2) is 0 Å². The van der Waals surface area contributed by atoms with Crippen LogP contribution in [0.25, 0.3) is 0 Å². The molecule has 1 aliphatic rings. The molecule has 1 unspecified atom stereocenters. The minimum Gasteiger partial charge on any atom is -0.335 e. The summed E-state index contributed by atoms with van der Waals surface area (Å²) in [4.78, 5) is 4.56. The molecule has 0 spiro atoms. The van der Waals surface area contributed by atoms with Gasteiger partial charge in [0.05, 0.1) is 17.7 Å². The van der Waals surface area contributed by atoms with Crippen LogP contribution < -0.4 is 5.32 Å². The summed E-state index contributed by atoms with van der Waals surface area (Å²) in [6.45, 7) is 4.15. The van der Waals surface area contributed by atoms with E-state index in [2.05, 4.69) is 23.3 Å². The van der Waals surface area contributed by atoms with Gasteiger partial charge in [-0.2, -0.15) is 5.26 Å². The molecule has 1 aromatic rings. The predicted octanol–water partition coefficient (Wildman–Crippen LogP) is 3.16. The summed E-state index contributed by atoms with van der Waals surface area (Å²) in [6.07, 6.45) is 1.13. The lowest BCUT2D eigenvalue weighted by Crippen LogP contribution is -2.18. The van der Waals surface area contributed by atoms with Gasteiger partial charge in [0.25, 0.3) is 0 Å². The Balaban J connectivity index is 2.21. The molecule has 17 heavy (non-hydrogen) atoms. The second-order valence-corrected chi connectivity index (χ2v) is 5.27. The molecule has 0 fully saturated rings. The molecule has 1 atom stereocenters. The van der Waals surface area contributed by atoms with Crippen molar-refractivity contribution in [3.05, 3.63) is 29.3 Å². The Bertz CT molecular complexity index is 488. The van der Waals surface area contributed by atoms with E-state index in [4.69, 9.17) is 5.26 Å². The summed E-state index contributed by atoms with van der Waals surface area (Å²) in [6, 6.07) is 8.20. The maximum absolute atomic E-state index is 8.89. The number of benzene rings is 1. The van der Waals surface area contributed by atoms with Gasteiger partial charge in [0.15, 0.2) is 5.17 Å². The average Bonchev–Trinajstić information content (AvgIpc) is 2.32. The molecule has 0 saturated carbocycles. The van der Waals surface area contributed by atoms with Gasteiger partial charge in [0.1, 0.15) is 0 Å². The van der Waals surface area contributed by atoms with Gasteiger partial charge in [0.2, 0.25) is 0 Å². The van der Waals surface area contributed by atoms with Crippen molar-refractivity contribution < 1.29 is 0 Å². The van der Waals surface area contributed by atoms with Gasteiger partial charge in [-0.05, 0) is 38.0 Å². The standard InChI is InChI=1S/C13H15N3S/c1-9-3-4-11(8-14)7-12(9)16-13-15-10(2)5-6-17-13/h3-4,7,10H,5-6H2,1-2H3,(H,15,16). The second-order valence-electron chi connectivity index (χ2n) is 4.19. The van der Waals surface area contributed by atoms with E-state index in [9.17, 15) is 0 Å². The monoisotopic (exact) mass is 245 g/mol. The number of hydrogen-bond donors (Lipinski definition) is 1. The van der Waals surface area contributed by atoms with E-state index in [1.165, 1.54) is 0 Å². The number of nitrogens with zero attached hydrogens (tertiary/aromatic N) is 2. The number of thioether (sulfide) groups is 1. The zero-order valence-electron chi connectivity index (χ0n) is 10.0. The molecule has 4 heteroatoms. The Hall–Kier alpha value is -1.47. The Morgan fingerprint density at radius 3 is 3.06 bits per heavy atom. The van der Waals surface area contributed by atoms with E-state index in [-0.39, 0.29) is 0 Å². The first-order valence-electron chi connectivity index (χ1n) is 5.67. The number of nitrogens with one attached hydrogen (secondary N) is 1. The molecule has 0 amide bonds. The van der Waals surface area contributed by atoms with Crippen LogP contribution in [0.15, 0.2) is 23.2 Å². The fraction of sp³-hybridized carbons (Fsp3) is 0.385. The first kappa shape index (κ1) is 12.0. The lowest BCUT2D eigenvalue weighted by atomic mass is 10.1. The molecule has 88 valence electrons. The van der Waals surface area contributed by atoms with E-state index < -0.39 is 0 Å². The highest BCUT2D eigenvalue weighted by molar-refractivity contribution is 8.14. The maximum atomic E-state index is 8.89. The Morgan fingerprint density at radius 2 is 2.35 bits per heavy atom. The van der Waals surface area contributed by atoms with Crippen molar-refractivity contribution in [2.45, 2.75) is 26.3 Å². The second kappa shape index (κ2) is 5.24. The van der Waals surface area contributed by atoms with E-state index in [0.717, 1.165) is 28.6 Å². The summed E-state index contributed by atoms with van der Waals surface area (Å²) in [7, 11) is 0. The van der Waals surface area contributed by atoms with Crippen LogP contribution in [0.4, 0.5) is 5.69 Å². The lowest BCUT2D eigenvalue weighted by molar-refractivity contribution is 0.720. The first-order chi connectivity index (χ1) is 8.19. The van der Waals surface area contributed by atoms with Crippen LogP contribution in [-0.2, 0) is 0 Å². The number of anilines is 1. The van der Waals surface area contributed by atoms with Gasteiger partial charge in [0, 0.05) is 11.4 Å². The zero-order valence-corrected chi connectivity index (χ0v) is 10.8. The Kier molecular flexibility index (Phi) is 3.70. The van der Waals surface area contributed by atoms with Crippen LogP contribution in [0.1, 0.15) is 24.5 Å². The van der Waals surface area contributed by atoms with Crippen molar-refractivity contribution in [2.24, 2.45) is 4.99 Å². The predicted molar refractivity (Wildman–Crippen MR) is 73.5 cm³/mol. The van der Waals surface area contributed by atoms with E-state index in [1.807, 2.05) is 25.1 Å². The largest absolute Gasteiger partial charge is 0.335 e. The van der Waals surface area contributed by atoms with Crippen LogP contribution in [0, 0.1) is 18.3 Å². The minimum atomic E-state index is 0.387. The average molecular weight is 245 g/mol. The van der Waals surface area contributed by atoms with Crippen molar-refractivity contribution in [3.8, 4) is 6.07 Å². The smallest absolute Gasteiger partial charge is 0.161 e. The normalized spacial score (nSPS) is 19.4.